The monoisotopic (exact) mass is 670 g/mol. The van der Waals surface area contributed by atoms with Crippen LogP contribution in [0.25, 0.3) is 0 Å². The van der Waals surface area contributed by atoms with Crippen molar-refractivity contribution < 1.29 is 40.1 Å². The van der Waals surface area contributed by atoms with Crippen molar-refractivity contribution in [3.63, 3.8) is 0 Å². The molecule has 0 aromatic heterocycles. The highest BCUT2D eigenvalue weighted by Crippen LogP contribution is 2.43. The Kier molecular flexibility index (Phi) is 10.3. The smallest absolute Gasteiger partial charge is 0.202 e. The van der Waals surface area contributed by atoms with Gasteiger partial charge in [-0.25, -0.2) is 0 Å². The zero-order valence-electron chi connectivity index (χ0n) is 27.3. The zero-order chi connectivity index (χ0) is 35.0. The predicted octanol–water partition coefficient (Wildman–Crippen LogP) is 8.86. The molecule has 0 heterocycles. The van der Waals surface area contributed by atoms with Crippen LogP contribution in [0.15, 0.2) is 121 Å². The standard InChI is InChI=1S/C42H38O8/c43-33-9-1-5-27(19-33)13-15-29-7-3-11-35(21-29)49-39-25-32(18-17-31-23-37(45)41(47)38(46)24-31)26-40(42(39)48)50-36-12-4-8-30(22-36)16-14-28-6-2-10-34(44)20-28/h1-12,19-26,43-48H,13-18H2. The lowest BCUT2D eigenvalue weighted by Crippen LogP contribution is -1.97. The van der Waals surface area contributed by atoms with Gasteiger partial charge in [-0.3, -0.25) is 0 Å². The average molecular weight is 671 g/mol. The van der Waals surface area contributed by atoms with Gasteiger partial charge in [0.25, 0.3) is 0 Å². The molecule has 0 aliphatic rings. The number of phenols is 6. The van der Waals surface area contributed by atoms with Gasteiger partial charge in [-0.15, -0.1) is 0 Å². The Morgan fingerprint density at radius 1 is 0.340 bits per heavy atom. The molecule has 0 saturated carbocycles. The van der Waals surface area contributed by atoms with Gasteiger partial charge in [-0.2, -0.15) is 0 Å². The van der Waals surface area contributed by atoms with Crippen molar-refractivity contribution in [1.29, 1.82) is 0 Å². The molecule has 6 rings (SSSR count). The van der Waals surface area contributed by atoms with Gasteiger partial charge in [0.05, 0.1) is 0 Å². The highest BCUT2D eigenvalue weighted by atomic mass is 16.5. The lowest BCUT2D eigenvalue weighted by molar-refractivity contribution is 0.367. The van der Waals surface area contributed by atoms with E-state index < -0.39 is 17.2 Å². The second kappa shape index (κ2) is 15.3. The molecule has 0 aliphatic heterocycles. The highest BCUT2D eigenvalue weighted by molar-refractivity contribution is 5.56. The van der Waals surface area contributed by atoms with E-state index in [4.69, 9.17) is 9.47 Å². The first-order chi connectivity index (χ1) is 24.2. The zero-order valence-corrected chi connectivity index (χ0v) is 27.3. The molecule has 0 saturated heterocycles. The number of rotatable bonds is 13. The van der Waals surface area contributed by atoms with Crippen LogP contribution in [0.2, 0.25) is 0 Å². The van der Waals surface area contributed by atoms with Gasteiger partial charge in [0.2, 0.25) is 5.75 Å². The molecule has 0 atom stereocenters. The minimum atomic E-state index is -0.571. The van der Waals surface area contributed by atoms with Crippen molar-refractivity contribution in [2.75, 3.05) is 0 Å². The molecule has 0 bridgehead atoms. The third-order valence-electron chi connectivity index (χ3n) is 8.41. The first kappa shape index (κ1) is 33.6. The number of benzene rings is 6. The predicted molar refractivity (Wildman–Crippen MR) is 191 cm³/mol. The third-order valence-corrected chi connectivity index (χ3v) is 8.41. The molecule has 50 heavy (non-hydrogen) atoms. The Morgan fingerprint density at radius 2 is 0.700 bits per heavy atom. The molecule has 0 fully saturated rings. The fourth-order valence-corrected chi connectivity index (χ4v) is 5.81. The van der Waals surface area contributed by atoms with Crippen LogP contribution in [0.1, 0.15) is 33.4 Å². The Bertz CT molecular complexity index is 1970. The van der Waals surface area contributed by atoms with E-state index >= 15 is 0 Å². The van der Waals surface area contributed by atoms with E-state index in [9.17, 15) is 30.6 Å². The van der Waals surface area contributed by atoms with Gasteiger partial charge >= 0.3 is 0 Å². The van der Waals surface area contributed by atoms with Crippen molar-refractivity contribution in [3.05, 3.63) is 155 Å². The van der Waals surface area contributed by atoms with Gasteiger partial charge < -0.3 is 40.1 Å². The summed E-state index contributed by atoms with van der Waals surface area (Å²) in [4.78, 5) is 0. The van der Waals surface area contributed by atoms with Crippen LogP contribution in [0, 0.1) is 0 Å². The quantitative estimate of drug-likeness (QED) is 0.0670. The number of hydrogen-bond acceptors (Lipinski definition) is 8. The molecule has 6 aromatic carbocycles. The molecule has 0 unspecified atom stereocenters. The highest BCUT2D eigenvalue weighted by Gasteiger charge is 2.16. The summed E-state index contributed by atoms with van der Waals surface area (Å²) < 4.78 is 12.5. The molecule has 0 amide bonds. The van der Waals surface area contributed by atoms with Crippen LogP contribution in [-0.2, 0) is 38.5 Å². The van der Waals surface area contributed by atoms with Crippen molar-refractivity contribution in [2.24, 2.45) is 0 Å². The topological polar surface area (TPSA) is 140 Å². The third kappa shape index (κ3) is 8.79. The van der Waals surface area contributed by atoms with Crippen LogP contribution in [0.4, 0.5) is 0 Å². The second-order valence-electron chi connectivity index (χ2n) is 12.3. The number of ether oxygens (including phenoxy) is 2. The van der Waals surface area contributed by atoms with Crippen LogP contribution in [-0.4, -0.2) is 30.6 Å². The fraction of sp³-hybridized carbons (Fsp3) is 0.143. The molecule has 6 N–H and O–H groups in total. The van der Waals surface area contributed by atoms with Crippen molar-refractivity contribution >= 4 is 0 Å². The lowest BCUT2D eigenvalue weighted by atomic mass is 10.0. The molecule has 8 nitrogen and oxygen atoms in total. The van der Waals surface area contributed by atoms with Crippen LogP contribution in [0.5, 0.6) is 57.5 Å². The minimum Gasteiger partial charge on any atom is -0.508 e. The molecule has 8 heteroatoms. The SMILES string of the molecule is Oc1cccc(CCc2cccc(Oc3cc(CCc4cc(O)c(O)c(O)c4)cc(Oc4cccc(CCc5cccc(O)c5)c4)c3O)c2)c1. The largest absolute Gasteiger partial charge is 0.508 e. The first-order valence-corrected chi connectivity index (χ1v) is 16.4. The van der Waals surface area contributed by atoms with Gasteiger partial charge in [-0.05, 0) is 145 Å². The van der Waals surface area contributed by atoms with Crippen molar-refractivity contribution in [1.82, 2.24) is 0 Å². The van der Waals surface area contributed by atoms with E-state index in [1.165, 1.54) is 12.1 Å². The Hall–Kier alpha value is -6.28. The molecular weight excluding hydrogens is 632 g/mol. The van der Waals surface area contributed by atoms with Crippen molar-refractivity contribution in [2.45, 2.75) is 38.5 Å². The van der Waals surface area contributed by atoms with Crippen LogP contribution < -0.4 is 9.47 Å². The maximum Gasteiger partial charge on any atom is 0.202 e. The Balaban J connectivity index is 1.24. The summed E-state index contributed by atoms with van der Waals surface area (Å²) in [5.74, 6) is 0.329. The van der Waals surface area contributed by atoms with Gasteiger partial charge in [0, 0.05) is 0 Å². The summed E-state index contributed by atoms with van der Waals surface area (Å²) in [6, 6.07) is 35.8. The molecule has 6 aromatic rings. The van der Waals surface area contributed by atoms with E-state index in [1.54, 1.807) is 36.4 Å². The molecular formula is C42H38O8. The number of aryl methyl sites for hydroxylation is 6. The second-order valence-corrected chi connectivity index (χ2v) is 12.3. The molecule has 254 valence electrons. The summed E-state index contributed by atoms with van der Waals surface area (Å²) in [5.41, 5.74) is 5.44. The molecule has 0 aliphatic carbocycles. The van der Waals surface area contributed by atoms with E-state index in [1.807, 2.05) is 72.8 Å². The fourth-order valence-electron chi connectivity index (χ4n) is 5.81. The maximum absolute atomic E-state index is 11.4. The van der Waals surface area contributed by atoms with Gasteiger partial charge in [-0.1, -0.05) is 48.5 Å². The Labute approximate surface area is 290 Å². The maximum atomic E-state index is 11.4. The summed E-state index contributed by atoms with van der Waals surface area (Å²) >= 11 is 0. The van der Waals surface area contributed by atoms with E-state index in [0.29, 0.717) is 29.9 Å². The summed E-state index contributed by atoms with van der Waals surface area (Å²) in [5, 5.41) is 60.8. The molecule has 0 spiro atoms. The van der Waals surface area contributed by atoms with Crippen LogP contribution >= 0.6 is 0 Å². The number of phenolic OH excluding ortho intramolecular Hbond substituents is 6. The summed E-state index contributed by atoms with van der Waals surface area (Å²) in [6.45, 7) is 0. The van der Waals surface area contributed by atoms with Crippen molar-refractivity contribution in [3.8, 4) is 57.5 Å². The Morgan fingerprint density at radius 3 is 1.12 bits per heavy atom. The normalized spacial score (nSPS) is 11.0. The minimum absolute atomic E-state index is 0.177. The van der Waals surface area contributed by atoms with E-state index in [2.05, 4.69) is 0 Å². The molecule has 0 radical (unpaired) electrons. The first-order valence-electron chi connectivity index (χ1n) is 16.4. The van der Waals surface area contributed by atoms with E-state index in [-0.39, 0.29) is 28.7 Å². The summed E-state index contributed by atoms with van der Waals surface area (Å²) in [6.07, 6.45) is 3.73. The van der Waals surface area contributed by atoms with Crippen LogP contribution in [0.3, 0.4) is 0 Å². The summed E-state index contributed by atoms with van der Waals surface area (Å²) in [7, 11) is 0. The lowest BCUT2D eigenvalue weighted by Gasteiger charge is -2.16. The average Bonchev–Trinajstić information content (AvgIpc) is 3.10. The van der Waals surface area contributed by atoms with Gasteiger partial charge in [0.1, 0.15) is 23.0 Å². The van der Waals surface area contributed by atoms with Gasteiger partial charge in [0.15, 0.2) is 28.7 Å². The number of aromatic hydroxyl groups is 6. The number of hydrogen-bond donors (Lipinski definition) is 6. The van der Waals surface area contributed by atoms with E-state index in [0.717, 1.165) is 53.5 Å².